The van der Waals surface area contributed by atoms with E-state index in [9.17, 15) is 19.8 Å². The molecule has 216 valence electrons. The fraction of sp³-hybridized carbons (Fsp3) is 0.533. The molecule has 40 heavy (non-hydrogen) atoms. The van der Waals surface area contributed by atoms with Gasteiger partial charge in [-0.15, -0.1) is 11.3 Å². The zero-order valence-electron chi connectivity index (χ0n) is 24.0. The van der Waals surface area contributed by atoms with Crippen LogP contribution in [0.5, 0.6) is 0 Å². The number of nitrogens with zero attached hydrogens (tertiary/aromatic N) is 3. The second-order valence-electron chi connectivity index (χ2n) is 11.4. The molecule has 3 heterocycles. The highest BCUT2D eigenvalue weighted by atomic mass is 32.1. The number of aliphatic hydroxyl groups is 2. The fourth-order valence-electron chi connectivity index (χ4n) is 5.16. The van der Waals surface area contributed by atoms with Crippen LogP contribution in [0.15, 0.2) is 40.4 Å². The van der Waals surface area contributed by atoms with Crippen LogP contribution in [-0.2, 0) is 16.2 Å². The number of amides is 2. The van der Waals surface area contributed by atoms with Crippen LogP contribution in [0.2, 0.25) is 0 Å². The van der Waals surface area contributed by atoms with Gasteiger partial charge >= 0.3 is 0 Å². The van der Waals surface area contributed by atoms with Crippen LogP contribution in [0.3, 0.4) is 0 Å². The van der Waals surface area contributed by atoms with E-state index in [2.05, 4.69) is 36.2 Å². The molecule has 4 unspecified atom stereocenters. The number of carbonyl (C=O) groups is 2. The quantitative estimate of drug-likeness (QED) is 0.325. The highest BCUT2D eigenvalue weighted by molar-refractivity contribution is 7.13. The zero-order valence-corrected chi connectivity index (χ0v) is 24.8. The molecule has 3 aromatic rings. The van der Waals surface area contributed by atoms with Gasteiger partial charge in [0, 0.05) is 24.9 Å². The summed E-state index contributed by atoms with van der Waals surface area (Å²) in [5.74, 6) is -0.206. The van der Waals surface area contributed by atoms with Crippen molar-refractivity contribution < 1.29 is 24.3 Å². The largest absolute Gasteiger partial charge is 0.391 e. The predicted octanol–water partition coefficient (Wildman–Crippen LogP) is 4.63. The molecule has 0 spiro atoms. The normalized spacial score (nSPS) is 19.7. The Kier molecular flexibility index (Phi) is 9.43. The number of aliphatic hydroxyl groups excluding tert-OH is 2. The molecule has 0 bridgehead atoms. The lowest BCUT2D eigenvalue weighted by Crippen LogP contribution is -2.48. The number of thiazole rings is 1. The Morgan fingerprint density at radius 3 is 2.45 bits per heavy atom. The van der Waals surface area contributed by atoms with Gasteiger partial charge in [-0.1, -0.05) is 64.0 Å². The van der Waals surface area contributed by atoms with Gasteiger partial charge in [0.15, 0.2) is 0 Å². The summed E-state index contributed by atoms with van der Waals surface area (Å²) >= 11 is 1.47. The second-order valence-corrected chi connectivity index (χ2v) is 12.3. The molecular weight excluding hydrogens is 528 g/mol. The molecule has 1 fully saturated rings. The van der Waals surface area contributed by atoms with Gasteiger partial charge in [0.1, 0.15) is 17.7 Å². The molecule has 5 atom stereocenters. The lowest BCUT2D eigenvalue weighted by atomic mass is 9.89. The summed E-state index contributed by atoms with van der Waals surface area (Å²) in [7, 11) is 0. The lowest BCUT2D eigenvalue weighted by Gasteiger charge is -2.29. The number of hydrogen-bond donors (Lipinski definition) is 3. The number of aromatic nitrogens is 2. The monoisotopic (exact) mass is 568 g/mol. The first-order valence-electron chi connectivity index (χ1n) is 13.9. The molecule has 3 N–H and O–H groups in total. The predicted molar refractivity (Wildman–Crippen MR) is 153 cm³/mol. The molecule has 0 aliphatic carbocycles. The number of rotatable bonds is 10. The number of carbonyl (C=O) groups excluding carboxylic acids is 2. The molecule has 1 aliphatic heterocycles. The maximum absolute atomic E-state index is 13.8. The average molecular weight is 569 g/mol. The Morgan fingerprint density at radius 2 is 1.82 bits per heavy atom. The van der Waals surface area contributed by atoms with Crippen LogP contribution in [0, 0.1) is 11.8 Å². The molecule has 9 nitrogen and oxygen atoms in total. The van der Waals surface area contributed by atoms with E-state index in [4.69, 9.17) is 4.52 Å². The maximum atomic E-state index is 13.8. The highest BCUT2D eigenvalue weighted by Gasteiger charge is 2.43. The fourth-order valence-corrected chi connectivity index (χ4v) is 5.97. The minimum atomic E-state index is -0.785. The van der Waals surface area contributed by atoms with Crippen LogP contribution in [0.1, 0.15) is 88.6 Å². The number of β-amino-alcohol motifs (C(OH)–C–C–N with tert-alkyl or cyclic N) is 1. The van der Waals surface area contributed by atoms with Gasteiger partial charge in [-0.3, -0.25) is 9.59 Å². The van der Waals surface area contributed by atoms with E-state index in [-0.39, 0.29) is 49.3 Å². The molecule has 0 radical (unpaired) electrons. The molecule has 4 rings (SSSR count). The van der Waals surface area contributed by atoms with Crippen LogP contribution in [0.25, 0.3) is 10.4 Å². The van der Waals surface area contributed by atoms with Gasteiger partial charge in [0.2, 0.25) is 11.8 Å². The summed E-state index contributed by atoms with van der Waals surface area (Å²) in [6.07, 6.45) is -0.608. The minimum absolute atomic E-state index is 0.0913. The molecule has 0 saturated carbocycles. The van der Waals surface area contributed by atoms with Crippen molar-refractivity contribution in [3.8, 4) is 10.4 Å². The third-order valence-electron chi connectivity index (χ3n) is 7.94. The van der Waals surface area contributed by atoms with Gasteiger partial charge in [-0.25, -0.2) is 4.98 Å². The van der Waals surface area contributed by atoms with Gasteiger partial charge in [0.05, 0.1) is 40.5 Å². The Balaban J connectivity index is 1.48. The van der Waals surface area contributed by atoms with Crippen LogP contribution in [0.4, 0.5) is 0 Å². The highest BCUT2D eigenvalue weighted by Crippen LogP contribution is 2.34. The number of benzene rings is 1. The first kappa shape index (κ1) is 29.9. The number of hydrogen-bond acceptors (Lipinski definition) is 8. The molecule has 2 aromatic heterocycles. The summed E-state index contributed by atoms with van der Waals surface area (Å²) in [4.78, 5) is 33.9. The van der Waals surface area contributed by atoms with Crippen LogP contribution in [-0.4, -0.2) is 55.8 Å². The van der Waals surface area contributed by atoms with Gasteiger partial charge in [0.25, 0.3) is 0 Å². The van der Waals surface area contributed by atoms with Gasteiger partial charge in [-0.2, -0.15) is 0 Å². The van der Waals surface area contributed by atoms with Crippen molar-refractivity contribution in [2.24, 2.45) is 11.8 Å². The van der Waals surface area contributed by atoms with Crippen molar-refractivity contribution in [1.29, 1.82) is 0 Å². The minimum Gasteiger partial charge on any atom is -0.391 e. The van der Waals surface area contributed by atoms with Crippen molar-refractivity contribution >= 4 is 23.2 Å². The maximum Gasteiger partial charge on any atom is 0.243 e. The van der Waals surface area contributed by atoms with E-state index < -0.39 is 18.1 Å². The van der Waals surface area contributed by atoms with Crippen molar-refractivity contribution in [1.82, 2.24) is 20.4 Å². The van der Waals surface area contributed by atoms with Crippen molar-refractivity contribution in [2.75, 3.05) is 6.54 Å². The second kappa shape index (κ2) is 12.6. The van der Waals surface area contributed by atoms with E-state index in [1.165, 1.54) is 16.2 Å². The zero-order chi connectivity index (χ0) is 29.1. The van der Waals surface area contributed by atoms with Crippen LogP contribution >= 0.6 is 11.3 Å². The van der Waals surface area contributed by atoms with Crippen molar-refractivity contribution in [3.05, 3.63) is 58.6 Å². The number of nitrogens with one attached hydrogen (secondary N) is 1. The topological polar surface area (TPSA) is 129 Å². The Hall–Kier alpha value is -3.08. The summed E-state index contributed by atoms with van der Waals surface area (Å²) in [6.45, 7) is 12.1. The first-order valence-corrected chi connectivity index (χ1v) is 14.8. The van der Waals surface area contributed by atoms with E-state index >= 15 is 0 Å². The van der Waals surface area contributed by atoms with Gasteiger partial charge in [-0.05, 0) is 29.9 Å². The average Bonchev–Trinajstić information content (AvgIpc) is 3.67. The molecule has 2 amide bonds. The van der Waals surface area contributed by atoms with Crippen LogP contribution < -0.4 is 5.32 Å². The first-order chi connectivity index (χ1) is 19.0. The van der Waals surface area contributed by atoms with E-state index in [1.54, 1.807) is 5.51 Å². The van der Waals surface area contributed by atoms with E-state index in [0.29, 0.717) is 17.4 Å². The molecule has 1 saturated heterocycles. The molecule has 10 heteroatoms. The molecule has 1 aromatic carbocycles. The Bertz CT molecular complexity index is 1300. The van der Waals surface area contributed by atoms with Crippen molar-refractivity contribution in [3.63, 3.8) is 0 Å². The number of likely N-dealkylation sites (tertiary alicyclic amines) is 1. The van der Waals surface area contributed by atoms with Crippen molar-refractivity contribution in [2.45, 2.75) is 84.6 Å². The SMILES string of the molecule is CC(NC(=O)C1CC(O)CN1C(=O)C(c1cc([C@@H](C)C(C)C)no1)C(C)C)c1ccc(-c2scnc2CO)cc1. The third-order valence-corrected chi connectivity index (χ3v) is 8.86. The third kappa shape index (κ3) is 6.29. The van der Waals surface area contributed by atoms with E-state index in [0.717, 1.165) is 21.7 Å². The lowest BCUT2D eigenvalue weighted by molar-refractivity contribution is -0.141. The Morgan fingerprint density at radius 1 is 1.12 bits per heavy atom. The Labute approximate surface area is 239 Å². The van der Waals surface area contributed by atoms with Gasteiger partial charge < -0.3 is 25.0 Å². The summed E-state index contributed by atoms with van der Waals surface area (Å²) in [6, 6.07) is 8.51. The summed E-state index contributed by atoms with van der Waals surface area (Å²) in [5.41, 5.74) is 5.00. The summed E-state index contributed by atoms with van der Waals surface area (Å²) in [5, 5.41) is 27.3. The molecule has 1 aliphatic rings. The standard InChI is InChI=1S/C30H40N4O5S/c1-16(2)18(5)23-12-26(39-33-23)27(17(3)4)30(38)34-13-22(36)11-25(34)29(37)32-19(6)20-7-9-21(10-8-20)28-24(14-35)31-15-40-28/h7-10,12,15-19,22,25,27,35-36H,11,13-14H2,1-6H3,(H,32,37)/t18-,19?,22?,25?,27?/m0/s1. The molecular formula is C30H40N4O5S. The van der Waals surface area contributed by atoms with E-state index in [1.807, 2.05) is 51.1 Å². The summed E-state index contributed by atoms with van der Waals surface area (Å²) < 4.78 is 5.66. The smallest absolute Gasteiger partial charge is 0.243 e.